The normalized spacial score (nSPS) is 18.5. The van der Waals surface area contributed by atoms with Gasteiger partial charge in [0.25, 0.3) is 0 Å². The highest BCUT2D eigenvalue weighted by molar-refractivity contribution is 5.79. The predicted molar refractivity (Wildman–Crippen MR) is 22.5 cm³/mol. The molecule has 0 aromatic carbocycles. The largest absolute Gasteiger partial charge is 0.289 e. The fraction of sp³-hybridized carbons (Fsp3) is 0.500. The van der Waals surface area contributed by atoms with E-state index >= 15 is 0 Å². The molecule has 1 heterocycles. The van der Waals surface area contributed by atoms with Crippen LogP contribution in [0.5, 0.6) is 0 Å². The van der Waals surface area contributed by atoms with E-state index in [0.717, 1.165) is 5.84 Å². The minimum Gasteiger partial charge on any atom is -0.289 e. The lowest BCUT2D eigenvalue weighted by Crippen LogP contribution is -2.33. The lowest BCUT2D eigenvalue weighted by Gasteiger charge is -1.87. The molecule has 0 fully saturated rings. The van der Waals surface area contributed by atoms with Gasteiger partial charge in [-0.15, -0.1) is 10.6 Å². The van der Waals surface area contributed by atoms with Gasteiger partial charge in [0.15, 0.2) is 0 Å². The Balaban J connectivity index is 2.45. The van der Waals surface area contributed by atoms with Crippen LogP contribution in [0.3, 0.4) is 0 Å². The first-order valence-electron chi connectivity index (χ1n) is 1.70. The van der Waals surface area contributed by atoms with Crippen molar-refractivity contribution in [2.45, 2.75) is 6.92 Å². The molecule has 3 N–H and O–H groups in total. The molecule has 0 aromatic rings. The van der Waals surface area contributed by atoms with Crippen LogP contribution in [0.25, 0.3) is 0 Å². The zero-order valence-electron chi connectivity index (χ0n) is 3.45. The molecule has 0 radical (unpaired) electrons. The summed E-state index contributed by atoms with van der Waals surface area (Å²) in [5.41, 5.74) is 7.78. The SMILES string of the molecule is CC1=NNNN1. The molecule has 34 valence electrons. The predicted octanol–water partition coefficient (Wildman–Crippen LogP) is -1.07. The summed E-state index contributed by atoms with van der Waals surface area (Å²) in [7, 11) is 0. The van der Waals surface area contributed by atoms with Crippen LogP contribution in [0.15, 0.2) is 5.10 Å². The third-order valence-electron chi connectivity index (χ3n) is 0.523. The van der Waals surface area contributed by atoms with E-state index in [1.54, 1.807) is 0 Å². The maximum atomic E-state index is 3.68. The number of rotatable bonds is 0. The van der Waals surface area contributed by atoms with E-state index in [0.29, 0.717) is 0 Å². The molecule has 0 aromatic heterocycles. The molecule has 6 heavy (non-hydrogen) atoms. The summed E-state index contributed by atoms with van der Waals surface area (Å²) in [6.07, 6.45) is 0. The van der Waals surface area contributed by atoms with Crippen molar-refractivity contribution in [2.24, 2.45) is 5.10 Å². The molecule has 0 bridgehead atoms. The summed E-state index contributed by atoms with van der Waals surface area (Å²) < 4.78 is 0. The molecule has 0 unspecified atom stereocenters. The summed E-state index contributed by atoms with van der Waals surface area (Å²) >= 11 is 0. The Morgan fingerprint density at radius 1 is 1.67 bits per heavy atom. The van der Waals surface area contributed by atoms with Gasteiger partial charge < -0.3 is 0 Å². The number of nitrogens with one attached hydrogen (secondary N) is 3. The molecular formula is C2H6N4. The first-order chi connectivity index (χ1) is 2.89. The van der Waals surface area contributed by atoms with Crippen molar-refractivity contribution in [1.82, 2.24) is 16.5 Å². The van der Waals surface area contributed by atoms with Crippen LogP contribution in [0.4, 0.5) is 0 Å². The van der Waals surface area contributed by atoms with E-state index in [1.807, 2.05) is 6.92 Å². The standard InChI is InChI=1S/C2H6N4/c1-2-3-5-6-4-2/h5-6H,1H3,(H,3,4). The van der Waals surface area contributed by atoms with Crippen LogP contribution in [0.1, 0.15) is 6.92 Å². The molecule has 0 saturated heterocycles. The third kappa shape index (κ3) is 0.414. The van der Waals surface area contributed by atoms with E-state index < -0.39 is 0 Å². The van der Waals surface area contributed by atoms with Gasteiger partial charge in [0.05, 0.1) is 0 Å². The number of hydrogen-bond donors (Lipinski definition) is 3. The smallest absolute Gasteiger partial charge is 0.136 e. The van der Waals surface area contributed by atoms with E-state index in [2.05, 4.69) is 21.6 Å². The average molecular weight is 86.1 g/mol. The Bertz CT molecular complexity index is 75.6. The van der Waals surface area contributed by atoms with Crippen molar-refractivity contribution in [1.29, 1.82) is 0 Å². The van der Waals surface area contributed by atoms with Gasteiger partial charge in [-0.25, -0.2) is 5.53 Å². The minimum absolute atomic E-state index is 0.856. The van der Waals surface area contributed by atoms with E-state index in [4.69, 9.17) is 0 Å². The molecule has 0 aliphatic carbocycles. The zero-order chi connectivity index (χ0) is 4.41. The molecule has 4 heteroatoms. The second-order valence-corrected chi connectivity index (χ2v) is 1.06. The minimum atomic E-state index is 0.856. The van der Waals surface area contributed by atoms with Gasteiger partial charge in [-0.05, 0) is 6.92 Å². The molecule has 0 saturated carbocycles. The second kappa shape index (κ2) is 1.14. The number of hydrazine groups is 2. The van der Waals surface area contributed by atoms with Crippen molar-refractivity contribution in [3.63, 3.8) is 0 Å². The van der Waals surface area contributed by atoms with Gasteiger partial charge in [-0.1, -0.05) is 0 Å². The van der Waals surface area contributed by atoms with Crippen LogP contribution in [0, 0.1) is 0 Å². The topological polar surface area (TPSA) is 48.5 Å². The van der Waals surface area contributed by atoms with Crippen molar-refractivity contribution in [3.05, 3.63) is 0 Å². The first-order valence-corrected chi connectivity index (χ1v) is 1.70. The summed E-state index contributed by atoms with van der Waals surface area (Å²) in [5.74, 6) is 0.856. The number of hydrazone groups is 1. The van der Waals surface area contributed by atoms with Gasteiger partial charge in [0.2, 0.25) is 0 Å². The quantitative estimate of drug-likeness (QED) is 0.352. The Labute approximate surface area is 35.6 Å². The fourth-order valence-electron chi connectivity index (χ4n) is 0.258. The van der Waals surface area contributed by atoms with Crippen molar-refractivity contribution in [2.75, 3.05) is 0 Å². The summed E-state index contributed by atoms with van der Waals surface area (Å²) in [6.45, 7) is 1.85. The lowest BCUT2D eigenvalue weighted by atomic mass is 10.7. The van der Waals surface area contributed by atoms with E-state index in [9.17, 15) is 0 Å². The van der Waals surface area contributed by atoms with Gasteiger partial charge >= 0.3 is 0 Å². The van der Waals surface area contributed by atoms with E-state index in [1.165, 1.54) is 0 Å². The highest BCUT2D eigenvalue weighted by Crippen LogP contribution is 1.66. The summed E-state index contributed by atoms with van der Waals surface area (Å²) in [4.78, 5) is 0. The number of nitrogens with zero attached hydrogens (tertiary/aromatic N) is 1. The molecule has 1 aliphatic rings. The number of amidine groups is 1. The van der Waals surface area contributed by atoms with Crippen molar-refractivity contribution in [3.8, 4) is 0 Å². The number of hydrogen-bond acceptors (Lipinski definition) is 4. The molecule has 0 amide bonds. The maximum Gasteiger partial charge on any atom is 0.136 e. The molecule has 4 nitrogen and oxygen atoms in total. The Morgan fingerprint density at radius 2 is 2.50 bits per heavy atom. The molecule has 0 spiro atoms. The van der Waals surface area contributed by atoms with Crippen LogP contribution in [-0.4, -0.2) is 5.84 Å². The van der Waals surface area contributed by atoms with Gasteiger partial charge in [0.1, 0.15) is 5.84 Å². The van der Waals surface area contributed by atoms with Crippen LogP contribution < -0.4 is 16.5 Å². The monoisotopic (exact) mass is 86.1 g/mol. The van der Waals surface area contributed by atoms with Crippen molar-refractivity contribution < 1.29 is 0 Å². The van der Waals surface area contributed by atoms with Crippen LogP contribution >= 0.6 is 0 Å². The first kappa shape index (κ1) is 3.42. The third-order valence-corrected chi connectivity index (χ3v) is 0.523. The lowest BCUT2D eigenvalue weighted by molar-refractivity contribution is 0.577. The van der Waals surface area contributed by atoms with E-state index in [-0.39, 0.29) is 0 Å². The van der Waals surface area contributed by atoms with Gasteiger partial charge in [-0.3, -0.25) is 5.43 Å². The summed E-state index contributed by atoms with van der Waals surface area (Å²) in [5, 5.41) is 3.68. The highest BCUT2D eigenvalue weighted by Gasteiger charge is 1.90. The molecule has 1 rings (SSSR count). The Morgan fingerprint density at radius 3 is 2.67 bits per heavy atom. The highest BCUT2D eigenvalue weighted by atomic mass is 15.8. The summed E-state index contributed by atoms with van der Waals surface area (Å²) in [6, 6.07) is 0. The molecular weight excluding hydrogens is 80.0 g/mol. The van der Waals surface area contributed by atoms with Crippen LogP contribution in [0.2, 0.25) is 0 Å². The fourth-order valence-corrected chi connectivity index (χ4v) is 0.258. The second-order valence-electron chi connectivity index (χ2n) is 1.06. The Kier molecular flexibility index (Phi) is 0.648. The van der Waals surface area contributed by atoms with Gasteiger partial charge in [-0.2, -0.15) is 0 Å². The average Bonchev–Trinajstić information content (AvgIpc) is 1.86. The van der Waals surface area contributed by atoms with Crippen LogP contribution in [-0.2, 0) is 0 Å². The maximum absolute atomic E-state index is 3.68. The molecule has 0 atom stereocenters. The zero-order valence-corrected chi connectivity index (χ0v) is 3.45. The molecule has 1 aliphatic heterocycles. The Hall–Kier alpha value is -0.770. The van der Waals surface area contributed by atoms with Gasteiger partial charge in [0, 0.05) is 0 Å². The van der Waals surface area contributed by atoms with Crippen molar-refractivity contribution >= 4 is 5.84 Å².